The smallest absolute Gasteiger partial charge is 0.188 e. The third-order valence-corrected chi connectivity index (χ3v) is 4.80. The van der Waals surface area contributed by atoms with Crippen LogP contribution < -0.4 is 0 Å². The predicted molar refractivity (Wildman–Crippen MR) is 87.9 cm³/mol. The molecule has 0 heterocycles. The summed E-state index contributed by atoms with van der Waals surface area (Å²) in [6, 6.07) is 9.46. The van der Waals surface area contributed by atoms with E-state index in [1.54, 1.807) is 51.1 Å². The van der Waals surface area contributed by atoms with E-state index in [0.29, 0.717) is 16.7 Å². The molecule has 0 bridgehead atoms. The highest BCUT2D eigenvalue weighted by atomic mass is 32.2. The first-order valence-corrected chi connectivity index (χ1v) is 8.27. The van der Waals surface area contributed by atoms with Gasteiger partial charge in [-0.05, 0) is 60.9 Å². The molecule has 0 radical (unpaired) electrons. The van der Waals surface area contributed by atoms with Gasteiger partial charge in [0.2, 0.25) is 0 Å². The first kappa shape index (κ1) is 20.6. The lowest BCUT2D eigenvalue weighted by Crippen LogP contribution is -2.49. The highest BCUT2D eigenvalue weighted by Gasteiger charge is 2.73. The van der Waals surface area contributed by atoms with Gasteiger partial charge in [-0.1, -0.05) is 35.9 Å². The molecule has 0 amide bonds. The zero-order valence-electron chi connectivity index (χ0n) is 14.0. The van der Waals surface area contributed by atoms with Crippen LogP contribution >= 0.6 is 11.8 Å². The van der Waals surface area contributed by atoms with Crippen LogP contribution in [0.1, 0.15) is 16.7 Å². The van der Waals surface area contributed by atoms with Crippen LogP contribution in [0.15, 0.2) is 41.3 Å². The van der Waals surface area contributed by atoms with Gasteiger partial charge in [0.05, 0.1) is 0 Å². The topological polar surface area (TPSA) is 0 Å². The molecule has 0 fully saturated rings. The van der Waals surface area contributed by atoms with Crippen molar-refractivity contribution in [2.24, 2.45) is 0 Å². The summed E-state index contributed by atoms with van der Waals surface area (Å²) in [6.45, 7) is 4.95. The summed E-state index contributed by atoms with van der Waals surface area (Å²) >= 11 is -0.770. The minimum absolute atomic E-state index is 0.207. The monoisotopic (exact) mass is 396 g/mol. The summed E-state index contributed by atoms with van der Waals surface area (Å²) in [4.78, 5) is -0.333. The van der Waals surface area contributed by atoms with E-state index < -0.39 is 29.1 Å². The number of thioether (sulfide) groups is 1. The van der Waals surface area contributed by atoms with Crippen LogP contribution in [-0.4, -0.2) is 17.4 Å². The summed E-state index contributed by atoms with van der Waals surface area (Å²) in [5, 5.41) is -5.36. The van der Waals surface area contributed by atoms with Gasteiger partial charge in [-0.3, -0.25) is 0 Å². The van der Waals surface area contributed by atoms with Crippen molar-refractivity contribution in [3.63, 3.8) is 0 Å². The largest absolute Gasteiger partial charge is 0.460 e. The molecular weight excluding hydrogens is 381 g/mol. The van der Waals surface area contributed by atoms with Gasteiger partial charge in [0.15, 0.2) is 0 Å². The molecule has 0 saturated heterocycles. The quantitative estimate of drug-likeness (QED) is 0.390. The summed E-state index contributed by atoms with van der Waals surface area (Å²) < 4.78 is 91.6. The molecule has 0 atom stereocenters. The molecule has 0 N–H and O–H groups in total. The fourth-order valence-corrected chi connectivity index (χ4v) is 3.61. The van der Waals surface area contributed by atoms with E-state index in [1.807, 2.05) is 0 Å². The maximum Gasteiger partial charge on any atom is 0.460 e. The molecule has 2 aromatic rings. The minimum Gasteiger partial charge on any atom is -0.188 e. The zero-order valence-corrected chi connectivity index (χ0v) is 14.8. The van der Waals surface area contributed by atoms with Gasteiger partial charge in [0, 0.05) is 4.90 Å². The van der Waals surface area contributed by atoms with Crippen molar-refractivity contribution >= 4 is 11.8 Å². The van der Waals surface area contributed by atoms with E-state index in [0.717, 1.165) is 5.56 Å². The second-order valence-electron chi connectivity index (χ2n) is 6.01. The average Bonchev–Trinajstić information content (AvgIpc) is 2.46. The van der Waals surface area contributed by atoms with Crippen LogP contribution in [0.3, 0.4) is 0 Å². The molecule has 0 aliphatic rings. The minimum atomic E-state index is -6.35. The molecule has 2 aromatic carbocycles. The second kappa shape index (κ2) is 6.79. The van der Waals surface area contributed by atoms with Crippen LogP contribution in [0.2, 0.25) is 0 Å². The van der Waals surface area contributed by atoms with E-state index in [1.165, 1.54) is 6.07 Å². The van der Waals surface area contributed by atoms with Gasteiger partial charge in [-0.15, -0.1) is 0 Å². The van der Waals surface area contributed by atoms with E-state index in [9.17, 15) is 30.7 Å². The summed E-state index contributed by atoms with van der Waals surface area (Å²) in [5.74, 6) is -6.16. The molecular formula is C18H15F7S. The van der Waals surface area contributed by atoms with Gasteiger partial charge in [-0.25, -0.2) is 0 Å². The molecule has 0 saturated carbocycles. The first-order valence-electron chi connectivity index (χ1n) is 7.46. The number of hydrogen-bond donors (Lipinski definition) is 0. The fourth-order valence-electron chi connectivity index (χ4n) is 2.47. The Balaban J connectivity index is 2.58. The lowest BCUT2D eigenvalue weighted by atomic mass is 9.98. The second-order valence-corrected chi connectivity index (χ2v) is 7.17. The van der Waals surface area contributed by atoms with Crippen molar-refractivity contribution < 1.29 is 30.7 Å². The number of alkyl halides is 7. The van der Waals surface area contributed by atoms with E-state index in [2.05, 4.69) is 0 Å². The molecule has 142 valence electrons. The molecule has 0 nitrogen and oxygen atoms in total. The Hall–Kier alpha value is -1.70. The Labute approximate surface area is 150 Å². The Morgan fingerprint density at radius 1 is 0.731 bits per heavy atom. The molecule has 0 unspecified atom stereocenters. The standard InChI is InChI=1S/C18H15F7S/c1-10-4-6-13(7-5-10)15-12(3)8-11(2)9-14(15)26-18(24,25)16(19,20)17(21,22)23/h4-9H,1-3H3. The van der Waals surface area contributed by atoms with E-state index in [-0.39, 0.29) is 10.5 Å². The Morgan fingerprint density at radius 3 is 1.77 bits per heavy atom. The van der Waals surface area contributed by atoms with Crippen molar-refractivity contribution in [3.05, 3.63) is 53.1 Å². The van der Waals surface area contributed by atoms with E-state index >= 15 is 0 Å². The van der Waals surface area contributed by atoms with Gasteiger partial charge >= 0.3 is 17.4 Å². The Kier molecular flexibility index (Phi) is 5.38. The van der Waals surface area contributed by atoms with Gasteiger partial charge < -0.3 is 0 Å². The van der Waals surface area contributed by atoms with Gasteiger partial charge in [-0.2, -0.15) is 30.7 Å². The van der Waals surface area contributed by atoms with Crippen LogP contribution in [-0.2, 0) is 0 Å². The third kappa shape index (κ3) is 3.84. The number of aryl methyl sites for hydroxylation is 3. The number of hydrogen-bond acceptors (Lipinski definition) is 1. The number of benzene rings is 2. The average molecular weight is 396 g/mol. The maximum atomic E-state index is 13.9. The third-order valence-electron chi connectivity index (χ3n) is 3.74. The van der Waals surface area contributed by atoms with Crippen molar-refractivity contribution in [3.8, 4) is 11.1 Å². The zero-order chi connectivity index (χ0) is 19.9. The van der Waals surface area contributed by atoms with Crippen molar-refractivity contribution in [2.45, 2.75) is 43.0 Å². The Morgan fingerprint density at radius 2 is 1.27 bits per heavy atom. The highest BCUT2D eigenvalue weighted by Crippen LogP contribution is 2.55. The molecule has 26 heavy (non-hydrogen) atoms. The lowest BCUT2D eigenvalue weighted by molar-refractivity contribution is -0.330. The lowest BCUT2D eigenvalue weighted by Gasteiger charge is -2.28. The van der Waals surface area contributed by atoms with Gasteiger partial charge in [0.25, 0.3) is 0 Å². The Bertz CT molecular complexity index is 792. The summed E-state index contributed by atoms with van der Waals surface area (Å²) in [7, 11) is 0. The number of halogens is 7. The molecule has 8 heteroatoms. The normalized spacial score (nSPS) is 13.2. The van der Waals surface area contributed by atoms with E-state index in [4.69, 9.17) is 0 Å². The highest BCUT2D eigenvalue weighted by molar-refractivity contribution is 8.00. The van der Waals surface area contributed by atoms with Crippen LogP contribution in [0, 0.1) is 20.8 Å². The maximum absolute atomic E-state index is 13.9. The fraction of sp³-hybridized carbons (Fsp3) is 0.333. The SMILES string of the molecule is Cc1ccc(-c2c(C)cc(C)cc2SC(F)(F)C(F)(F)C(F)(F)F)cc1. The van der Waals surface area contributed by atoms with Crippen molar-refractivity contribution in [1.29, 1.82) is 0 Å². The molecule has 0 aromatic heterocycles. The van der Waals surface area contributed by atoms with Crippen LogP contribution in [0.25, 0.3) is 11.1 Å². The molecule has 0 aliphatic heterocycles. The predicted octanol–water partition coefficient (Wildman–Crippen LogP) is 7.16. The van der Waals surface area contributed by atoms with Crippen molar-refractivity contribution in [2.75, 3.05) is 0 Å². The molecule has 0 aliphatic carbocycles. The number of rotatable bonds is 4. The molecule has 2 rings (SSSR count). The van der Waals surface area contributed by atoms with Gasteiger partial charge in [0.1, 0.15) is 0 Å². The first-order chi connectivity index (χ1) is 11.8. The summed E-state index contributed by atoms with van der Waals surface area (Å²) in [6.07, 6.45) is -6.35. The molecule has 0 spiro atoms. The van der Waals surface area contributed by atoms with Crippen LogP contribution in [0.5, 0.6) is 0 Å². The summed E-state index contributed by atoms with van der Waals surface area (Å²) in [5.41, 5.74) is 2.54. The van der Waals surface area contributed by atoms with Crippen LogP contribution in [0.4, 0.5) is 30.7 Å². The van der Waals surface area contributed by atoms with Crippen molar-refractivity contribution in [1.82, 2.24) is 0 Å².